The maximum absolute atomic E-state index is 12.8. The molecule has 2 amide bonds. The van der Waals surface area contributed by atoms with Crippen LogP contribution in [-0.4, -0.2) is 51.5 Å². The topological polar surface area (TPSA) is 80.3 Å². The number of carbonyl (C=O) groups excluding carboxylic acids is 2. The summed E-state index contributed by atoms with van der Waals surface area (Å²) in [5.74, 6) is 0.673. The van der Waals surface area contributed by atoms with Crippen LogP contribution in [0.4, 0.5) is 17.1 Å². The first kappa shape index (κ1) is 19.1. The molecule has 152 valence electrons. The number of morpholine rings is 1. The van der Waals surface area contributed by atoms with Gasteiger partial charge >= 0.3 is 0 Å². The first-order valence-corrected chi connectivity index (χ1v) is 9.51. The molecule has 0 unspecified atom stereocenters. The maximum atomic E-state index is 12.8. The Bertz CT molecular complexity index is 911. The lowest BCUT2D eigenvalue weighted by Crippen LogP contribution is -2.38. The minimum Gasteiger partial charge on any atom is -0.454 e. The molecule has 0 radical (unpaired) electrons. The molecule has 2 aromatic rings. The highest BCUT2D eigenvalue weighted by atomic mass is 16.7. The van der Waals surface area contributed by atoms with Gasteiger partial charge in [0, 0.05) is 31.8 Å². The molecular formula is C21H23N3O5. The number of hydrogen-bond acceptors (Lipinski definition) is 6. The Hall–Kier alpha value is -3.26. The van der Waals surface area contributed by atoms with Gasteiger partial charge in [-0.3, -0.25) is 9.59 Å². The molecule has 0 spiro atoms. The Morgan fingerprint density at radius 2 is 1.83 bits per heavy atom. The zero-order valence-corrected chi connectivity index (χ0v) is 16.2. The van der Waals surface area contributed by atoms with Gasteiger partial charge in [0.2, 0.25) is 18.6 Å². The standard InChI is InChI=1S/C21H23N3O5/c1-15(25)24(16-6-7-19-20(12-16)29-14-28-19)13-21(26)22-17-4-2-3-5-18(17)23-8-10-27-11-9-23/h2-7,12H,8-11,13-14H2,1H3,(H,22,26). The van der Waals surface area contributed by atoms with Crippen LogP contribution in [0.15, 0.2) is 42.5 Å². The molecule has 4 rings (SSSR count). The van der Waals surface area contributed by atoms with Crippen LogP contribution in [0, 0.1) is 0 Å². The summed E-state index contributed by atoms with van der Waals surface area (Å²) in [5, 5.41) is 2.94. The van der Waals surface area contributed by atoms with Crippen molar-refractivity contribution in [3.63, 3.8) is 0 Å². The predicted molar refractivity (Wildman–Crippen MR) is 109 cm³/mol. The van der Waals surface area contributed by atoms with E-state index >= 15 is 0 Å². The van der Waals surface area contributed by atoms with Crippen LogP contribution in [-0.2, 0) is 14.3 Å². The van der Waals surface area contributed by atoms with E-state index in [9.17, 15) is 9.59 Å². The number of nitrogens with zero attached hydrogens (tertiary/aromatic N) is 2. The first-order chi connectivity index (χ1) is 14.1. The Balaban J connectivity index is 1.49. The zero-order valence-electron chi connectivity index (χ0n) is 16.2. The molecule has 0 saturated carbocycles. The molecule has 8 heteroatoms. The van der Waals surface area contributed by atoms with Crippen molar-refractivity contribution >= 4 is 28.9 Å². The Kier molecular flexibility index (Phi) is 5.53. The minimum atomic E-state index is -0.279. The van der Waals surface area contributed by atoms with Gasteiger partial charge in [-0.15, -0.1) is 0 Å². The summed E-state index contributed by atoms with van der Waals surface area (Å²) in [6.07, 6.45) is 0. The smallest absolute Gasteiger partial charge is 0.244 e. The number of amides is 2. The second kappa shape index (κ2) is 8.40. The van der Waals surface area contributed by atoms with E-state index in [0.717, 1.165) is 18.8 Å². The van der Waals surface area contributed by atoms with Gasteiger partial charge in [0.15, 0.2) is 11.5 Å². The summed E-state index contributed by atoms with van der Waals surface area (Å²) >= 11 is 0. The Morgan fingerprint density at radius 3 is 2.62 bits per heavy atom. The molecule has 1 saturated heterocycles. The highest BCUT2D eigenvalue weighted by molar-refractivity contribution is 6.03. The predicted octanol–water partition coefficient (Wildman–Crippen LogP) is 2.24. The first-order valence-electron chi connectivity index (χ1n) is 9.51. The van der Waals surface area contributed by atoms with E-state index in [4.69, 9.17) is 14.2 Å². The van der Waals surface area contributed by atoms with E-state index in [2.05, 4.69) is 10.2 Å². The average Bonchev–Trinajstić information content (AvgIpc) is 3.21. The fourth-order valence-corrected chi connectivity index (χ4v) is 3.43. The van der Waals surface area contributed by atoms with Crippen molar-refractivity contribution in [3.05, 3.63) is 42.5 Å². The lowest BCUT2D eigenvalue weighted by atomic mass is 10.2. The van der Waals surface area contributed by atoms with Gasteiger partial charge in [0.25, 0.3) is 0 Å². The third-order valence-electron chi connectivity index (χ3n) is 4.88. The molecule has 1 fully saturated rings. The second-order valence-corrected chi connectivity index (χ2v) is 6.81. The SMILES string of the molecule is CC(=O)N(CC(=O)Nc1ccccc1N1CCOCC1)c1ccc2c(c1)OCO2. The number of rotatable bonds is 5. The van der Waals surface area contributed by atoms with Crippen LogP contribution in [0.1, 0.15) is 6.92 Å². The summed E-state index contributed by atoms with van der Waals surface area (Å²) in [5.41, 5.74) is 2.24. The van der Waals surface area contributed by atoms with Crippen LogP contribution in [0.3, 0.4) is 0 Å². The fraction of sp³-hybridized carbons (Fsp3) is 0.333. The van der Waals surface area contributed by atoms with E-state index in [1.807, 2.05) is 24.3 Å². The van der Waals surface area contributed by atoms with Gasteiger partial charge in [-0.1, -0.05) is 12.1 Å². The van der Waals surface area contributed by atoms with Gasteiger partial charge in [-0.05, 0) is 24.3 Å². The summed E-state index contributed by atoms with van der Waals surface area (Å²) in [4.78, 5) is 28.6. The number of ether oxygens (including phenoxy) is 3. The van der Waals surface area contributed by atoms with E-state index in [0.29, 0.717) is 36.1 Å². The molecule has 29 heavy (non-hydrogen) atoms. The van der Waals surface area contributed by atoms with Crippen LogP contribution in [0.25, 0.3) is 0 Å². The molecule has 0 aliphatic carbocycles. The minimum absolute atomic E-state index is 0.105. The normalized spacial score (nSPS) is 15.1. The molecule has 1 N–H and O–H groups in total. The molecular weight excluding hydrogens is 374 g/mol. The van der Waals surface area contributed by atoms with Crippen molar-refractivity contribution in [2.75, 3.05) is 54.8 Å². The third kappa shape index (κ3) is 4.27. The number of hydrogen-bond donors (Lipinski definition) is 1. The highest BCUT2D eigenvalue weighted by Gasteiger charge is 2.21. The molecule has 0 atom stereocenters. The van der Waals surface area contributed by atoms with Crippen LogP contribution in [0.2, 0.25) is 0 Å². The van der Waals surface area contributed by atoms with Gasteiger partial charge in [0.1, 0.15) is 6.54 Å². The Labute approximate surface area is 168 Å². The summed E-state index contributed by atoms with van der Waals surface area (Å²) in [6.45, 7) is 4.33. The lowest BCUT2D eigenvalue weighted by molar-refractivity contribution is -0.120. The van der Waals surface area contributed by atoms with Crippen LogP contribution >= 0.6 is 0 Å². The van der Waals surface area contributed by atoms with E-state index < -0.39 is 0 Å². The largest absolute Gasteiger partial charge is 0.454 e. The van der Waals surface area contributed by atoms with Crippen molar-refractivity contribution in [2.24, 2.45) is 0 Å². The van der Waals surface area contributed by atoms with E-state index in [-0.39, 0.29) is 25.2 Å². The number of carbonyl (C=O) groups is 2. The number of para-hydroxylation sites is 2. The van der Waals surface area contributed by atoms with Crippen LogP contribution < -0.4 is 24.6 Å². The maximum Gasteiger partial charge on any atom is 0.244 e. The summed E-state index contributed by atoms with van der Waals surface area (Å²) < 4.78 is 16.1. The van der Waals surface area contributed by atoms with E-state index in [1.165, 1.54) is 11.8 Å². The summed E-state index contributed by atoms with van der Waals surface area (Å²) in [6, 6.07) is 12.8. The van der Waals surface area contributed by atoms with Crippen molar-refractivity contribution in [2.45, 2.75) is 6.92 Å². The molecule has 2 heterocycles. The van der Waals surface area contributed by atoms with E-state index in [1.54, 1.807) is 18.2 Å². The summed E-state index contributed by atoms with van der Waals surface area (Å²) in [7, 11) is 0. The number of nitrogens with one attached hydrogen (secondary N) is 1. The Morgan fingerprint density at radius 1 is 1.07 bits per heavy atom. The second-order valence-electron chi connectivity index (χ2n) is 6.81. The average molecular weight is 397 g/mol. The molecule has 8 nitrogen and oxygen atoms in total. The molecule has 2 aliphatic rings. The molecule has 2 aliphatic heterocycles. The van der Waals surface area contributed by atoms with Gasteiger partial charge in [-0.25, -0.2) is 0 Å². The van der Waals surface area contributed by atoms with Gasteiger partial charge in [0.05, 0.1) is 24.6 Å². The molecule has 0 aromatic heterocycles. The monoisotopic (exact) mass is 397 g/mol. The number of anilines is 3. The van der Waals surface area contributed by atoms with Crippen molar-refractivity contribution in [1.29, 1.82) is 0 Å². The van der Waals surface area contributed by atoms with Crippen LogP contribution in [0.5, 0.6) is 11.5 Å². The molecule has 0 bridgehead atoms. The quantitative estimate of drug-likeness (QED) is 0.834. The third-order valence-corrected chi connectivity index (χ3v) is 4.88. The molecule has 2 aromatic carbocycles. The zero-order chi connectivity index (χ0) is 20.2. The van der Waals surface area contributed by atoms with Crippen molar-refractivity contribution in [1.82, 2.24) is 0 Å². The lowest BCUT2D eigenvalue weighted by Gasteiger charge is -2.30. The van der Waals surface area contributed by atoms with Gasteiger partial charge < -0.3 is 29.3 Å². The highest BCUT2D eigenvalue weighted by Crippen LogP contribution is 2.35. The van der Waals surface area contributed by atoms with Crippen molar-refractivity contribution < 1.29 is 23.8 Å². The fourth-order valence-electron chi connectivity index (χ4n) is 3.43. The number of benzene rings is 2. The van der Waals surface area contributed by atoms with Gasteiger partial charge in [-0.2, -0.15) is 0 Å². The number of fused-ring (bicyclic) bond motifs is 1. The van der Waals surface area contributed by atoms with Crippen molar-refractivity contribution in [3.8, 4) is 11.5 Å².